The third kappa shape index (κ3) is 1.84. The van der Waals surface area contributed by atoms with E-state index in [4.69, 9.17) is 5.11 Å². The maximum Gasteiger partial charge on any atom is 0.355 e. The summed E-state index contributed by atoms with van der Waals surface area (Å²) >= 11 is 1.17. The van der Waals surface area contributed by atoms with Gasteiger partial charge >= 0.3 is 5.97 Å². The summed E-state index contributed by atoms with van der Waals surface area (Å²) in [4.78, 5) is 40.7. The monoisotopic (exact) mass is 294 g/mol. The Hall–Kier alpha value is -1.76. The predicted molar refractivity (Wildman–Crippen MR) is 70.2 cm³/mol. The Morgan fingerprint density at radius 3 is 2.50 bits per heavy atom. The van der Waals surface area contributed by atoms with Crippen LogP contribution in [0.4, 0.5) is 0 Å². The predicted octanol–water partition coefficient (Wildman–Crippen LogP) is 1.69. The highest BCUT2D eigenvalue weighted by atomic mass is 32.1. The summed E-state index contributed by atoms with van der Waals surface area (Å²) in [6.45, 7) is 1.72. The van der Waals surface area contributed by atoms with Crippen molar-refractivity contribution in [2.75, 3.05) is 0 Å². The van der Waals surface area contributed by atoms with Crippen LogP contribution in [0.25, 0.3) is 0 Å². The molecule has 1 aromatic rings. The minimum atomic E-state index is -1.10. The molecule has 3 rings (SSSR count). The van der Waals surface area contributed by atoms with Crippen molar-refractivity contribution in [3.63, 3.8) is 0 Å². The van der Waals surface area contributed by atoms with Crippen LogP contribution in [0.15, 0.2) is 5.38 Å². The van der Waals surface area contributed by atoms with Crippen LogP contribution in [0.3, 0.4) is 0 Å². The van der Waals surface area contributed by atoms with Crippen LogP contribution in [-0.2, 0) is 9.59 Å². The lowest BCUT2D eigenvalue weighted by molar-refractivity contribution is -0.142. The number of carbonyl (C=O) groups excluding carboxylic acids is 2. The molecule has 2 amide bonds. The molecule has 0 bridgehead atoms. The number of fused-ring (bicyclic) bond motifs is 1. The van der Waals surface area contributed by atoms with Crippen molar-refractivity contribution < 1.29 is 19.5 Å². The fourth-order valence-corrected chi connectivity index (χ4v) is 3.93. The number of likely N-dealkylation sites (tertiary alicyclic amines) is 1. The van der Waals surface area contributed by atoms with E-state index >= 15 is 0 Å². The smallest absolute Gasteiger partial charge is 0.355 e. The van der Waals surface area contributed by atoms with Gasteiger partial charge in [0.2, 0.25) is 11.8 Å². The molecule has 6 nitrogen and oxygen atoms in total. The van der Waals surface area contributed by atoms with Crippen LogP contribution in [0, 0.1) is 11.8 Å². The molecule has 0 spiro atoms. The molecule has 1 aromatic heterocycles. The minimum Gasteiger partial charge on any atom is -0.476 e. The number of nitrogens with zero attached hydrogens (tertiary/aromatic N) is 2. The quantitative estimate of drug-likeness (QED) is 0.857. The Kier molecular flexibility index (Phi) is 3.08. The number of aromatic nitrogens is 1. The van der Waals surface area contributed by atoms with Crippen molar-refractivity contribution in [2.45, 2.75) is 32.2 Å². The number of rotatable bonds is 3. The average Bonchev–Trinajstić information content (AvgIpc) is 3.10. The molecule has 7 heteroatoms. The molecule has 1 saturated carbocycles. The number of thiazole rings is 1. The minimum absolute atomic E-state index is 0.0452. The van der Waals surface area contributed by atoms with Gasteiger partial charge in [0.25, 0.3) is 0 Å². The van der Waals surface area contributed by atoms with Gasteiger partial charge in [0.15, 0.2) is 5.69 Å². The Balaban J connectivity index is 1.86. The zero-order valence-electron chi connectivity index (χ0n) is 10.9. The van der Waals surface area contributed by atoms with Gasteiger partial charge in [-0.05, 0) is 19.8 Å². The molecule has 1 N–H and O–H groups in total. The highest BCUT2D eigenvalue weighted by Gasteiger charge is 2.51. The van der Waals surface area contributed by atoms with E-state index in [-0.39, 0.29) is 29.3 Å². The highest BCUT2D eigenvalue weighted by Crippen LogP contribution is 2.43. The van der Waals surface area contributed by atoms with Crippen molar-refractivity contribution in [2.24, 2.45) is 11.8 Å². The second-order valence-corrected chi connectivity index (χ2v) is 6.13. The molecule has 1 saturated heterocycles. The Labute approximate surface area is 119 Å². The summed E-state index contributed by atoms with van der Waals surface area (Å²) in [6, 6.07) is -0.487. The van der Waals surface area contributed by atoms with Gasteiger partial charge in [0.1, 0.15) is 5.01 Å². The molecule has 3 atom stereocenters. The second kappa shape index (κ2) is 4.66. The van der Waals surface area contributed by atoms with Crippen LogP contribution >= 0.6 is 11.3 Å². The highest BCUT2D eigenvalue weighted by molar-refractivity contribution is 7.09. The van der Waals surface area contributed by atoms with Crippen LogP contribution < -0.4 is 0 Å². The van der Waals surface area contributed by atoms with Gasteiger partial charge in [0, 0.05) is 5.38 Å². The maximum atomic E-state index is 12.3. The lowest BCUT2D eigenvalue weighted by Crippen LogP contribution is -2.34. The molecule has 0 radical (unpaired) electrons. The number of amides is 2. The van der Waals surface area contributed by atoms with E-state index in [1.807, 2.05) is 0 Å². The van der Waals surface area contributed by atoms with Gasteiger partial charge in [-0.1, -0.05) is 6.42 Å². The van der Waals surface area contributed by atoms with Crippen LogP contribution in [0.2, 0.25) is 0 Å². The lowest BCUT2D eigenvalue weighted by Gasteiger charge is -2.21. The Morgan fingerprint density at radius 1 is 1.40 bits per heavy atom. The maximum absolute atomic E-state index is 12.3. The van der Waals surface area contributed by atoms with E-state index in [0.717, 1.165) is 19.3 Å². The third-order valence-corrected chi connectivity index (χ3v) is 5.13. The van der Waals surface area contributed by atoms with Gasteiger partial charge in [-0.25, -0.2) is 9.78 Å². The topological polar surface area (TPSA) is 87.6 Å². The summed E-state index contributed by atoms with van der Waals surface area (Å²) in [5.74, 6) is -1.71. The molecule has 0 aromatic carbocycles. The van der Waals surface area contributed by atoms with E-state index in [2.05, 4.69) is 4.98 Å². The molecule has 1 aliphatic heterocycles. The average molecular weight is 294 g/mol. The summed E-state index contributed by atoms with van der Waals surface area (Å²) in [6.07, 6.45) is 2.48. The molecular formula is C13H14N2O4S. The zero-order valence-corrected chi connectivity index (χ0v) is 11.7. The van der Waals surface area contributed by atoms with E-state index in [9.17, 15) is 14.4 Å². The number of hydrogen-bond donors (Lipinski definition) is 1. The van der Waals surface area contributed by atoms with E-state index in [1.54, 1.807) is 6.92 Å². The lowest BCUT2D eigenvalue weighted by atomic mass is 10.00. The van der Waals surface area contributed by atoms with Crippen molar-refractivity contribution in [3.8, 4) is 0 Å². The Bertz CT molecular complexity index is 575. The largest absolute Gasteiger partial charge is 0.476 e. The molecule has 2 fully saturated rings. The SMILES string of the molecule is CC(c1nc(C(=O)O)cs1)N1C(=O)C2CCCC2C1=O. The van der Waals surface area contributed by atoms with Gasteiger partial charge in [0.05, 0.1) is 17.9 Å². The number of imide groups is 1. The first-order chi connectivity index (χ1) is 9.50. The fourth-order valence-electron chi connectivity index (χ4n) is 3.09. The molecular weight excluding hydrogens is 280 g/mol. The van der Waals surface area contributed by atoms with Crippen molar-refractivity contribution >= 4 is 29.1 Å². The van der Waals surface area contributed by atoms with Gasteiger partial charge in [-0.3, -0.25) is 14.5 Å². The number of carboxylic acid groups (broad SMARTS) is 1. The Morgan fingerprint density at radius 2 is 2.00 bits per heavy atom. The fraction of sp³-hybridized carbons (Fsp3) is 0.538. The summed E-state index contributed by atoms with van der Waals surface area (Å²) in [5, 5.41) is 10.8. The van der Waals surface area contributed by atoms with Crippen molar-refractivity contribution in [3.05, 3.63) is 16.1 Å². The van der Waals surface area contributed by atoms with Crippen LogP contribution in [0.1, 0.15) is 47.7 Å². The first kappa shape index (κ1) is 13.2. The molecule has 2 aliphatic rings. The third-order valence-electron chi connectivity index (χ3n) is 4.11. The molecule has 106 valence electrons. The van der Waals surface area contributed by atoms with Crippen molar-refractivity contribution in [1.29, 1.82) is 0 Å². The number of carbonyl (C=O) groups is 3. The van der Waals surface area contributed by atoms with E-state index in [1.165, 1.54) is 21.6 Å². The van der Waals surface area contributed by atoms with Crippen LogP contribution in [0.5, 0.6) is 0 Å². The summed E-state index contributed by atoms with van der Waals surface area (Å²) < 4.78 is 0. The van der Waals surface area contributed by atoms with Gasteiger partial charge in [-0.15, -0.1) is 11.3 Å². The first-order valence-corrected chi connectivity index (χ1v) is 7.44. The molecule has 20 heavy (non-hydrogen) atoms. The van der Waals surface area contributed by atoms with Gasteiger partial charge in [-0.2, -0.15) is 0 Å². The zero-order chi connectivity index (χ0) is 14.4. The van der Waals surface area contributed by atoms with Crippen molar-refractivity contribution in [1.82, 2.24) is 9.88 Å². The first-order valence-electron chi connectivity index (χ1n) is 6.56. The van der Waals surface area contributed by atoms with E-state index in [0.29, 0.717) is 5.01 Å². The molecule has 3 unspecified atom stereocenters. The van der Waals surface area contributed by atoms with Gasteiger partial charge < -0.3 is 5.11 Å². The molecule has 1 aliphatic carbocycles. The number of hydrogen-bond acceptors (Lipinski definition) is 5. The number of aromatic carboxylic acids is 1. The van der Waals surface area contributed by atoms with E-state index < -0.39 is 12.0 Å². The normalized spacial score (nSPS) is 26.9. The summed E-state index contributed by atoms with van der Waals surface area (Å²) in [5.41, 5.74) is -0.0452. The molecule has 2 heterocycles. The summed E-state index contributed by atoms with van der Waals surface area (Å²) in [7, 11) is 0. The standard InChI is InChI=1S/C13H14N2O4S/c1-6(10-14-9(5-20-10)13(18)19)15-11(16)7-3-2-4-8(7)12(15)17/h5-8H,2-4H2,1H3,(H,18,19). The second-order valence-electron chi connectivity index (χ2n) is 5.24. The number of carboxylic acids is 1. The van der Waals surface area contributed by atoms with Crippen LogP contribution in [-0.4, -0.2) is 32.8 Å².